The van der Waals surface area contributed by atoms with E-state index in [9.17, 15) is 21.6 Å². The number of hydrogen-bond donors (Lipinski definition) is 1. The largest absolute Gasteiger partial charge is 0.317 e. The molecule has 1 aliphatic rings. The van der Waals surface area contributed by atoms with Gasteiger partial charge in [-0.2, -0.15) is 4.31 Å². The number of piperidine rings is 1. The molecule has 0 unspecified atom stereocenters. The lowest BCUT2D eigenvalue weighted by atomic mass is 10.1. The Balaban J connectivity index is 0.00000220. The van der Waals surface area contributed by atoms with Gasteiger partial charge in [0.2, 0.25) is 10.0 Å². The van der Waals surface area contributed by atoms with E-state index in [1.807, 2.05) is 0 Å². The Morgan fingerprint density at radius 1 is 1.14 bits per heavy atom. The van der Waals surface area contributed by atoms with Gasteiger partial charge in [0.05, 0.1) is 4.90 Å². The maximum atomic E-state index is 13.2. The number of nitrogens with zero attached hydrogens (tertiary/aromatic N) is 1. The van der Waals surface area contributed by atoms with Crippen molar-refractivity contribution in [2.45, 2.75) is 23.8 Å². The highest BCUT2D eigenvalue weighted by atomic mass is 35.5. The molecule has 120 valence electrons. The molecule has 1 aliphatic heterocycles. The van der Waals surface area contributed by atoms with E-state index in [1.165, 1.54) is 7.05 Å². The molecule has 0 aromatic heterocycles. The van der Waals surface area contributed by atoms with Gasteiger partial charge in [0.1, 0.15) is 0 Å². The quantitative estimate of drug-likeness (QED) is 0.852. The zero-order chi connectivity index (χ0) is 14.9. The summed E-state index contributed by atoms with van der Waals surface area (Å²) in [6, 6.07) is 0.772. The van der Waals surface area contributed by atoms with Crippen molar-refractivity contribution in [1.82, 2.24) is 9.62 Å². The second-order valence-corrected chi connectivity index (χ2v) is 6.70. The summed E-state index contributed by atoms with van der Waals surface area (Å²) < 4.78 is 64.9. The van der Waals surface area contributed by atoms with Crippen molar-refractivity contribution >= 4 is 22.4 Å². The van der Waals surface area contributed by atoms with Gasteiger partial charge in [-0.1, -0.05) is 0 Å². The van der Waals surface area contributed by atoms with Crippen LogP contribution in [0.25, 0.3) is 0 Å². The molecule has 1 aromatic carbocycles. The van der Waals surface area contributed by atoms with Crippen LogP contribution in [-0.2, 0) is 10.0 Å². The third kappa shape index (κ3) is 3.68. The molecule has 9 heteroatoms. The molecule has 0 saturated carbocycles. The first-order chi connectivity index (χ1) is 9.34. The van der Waals surface area contributed by atoms with Crippen molar-refractivity contribution in [2.75, 3.05) is 20.1 Å². The van der Waals surface area contributed by atoms with Crippen LogP contribution in [0.1, 0.15) is 12.8 Å². The van der Waals surface area contributed by atoms with E-state index in [0.29, 0.717) is 38.1 Å². The van der Waals surface area contributed by atoms with E-state index in [-0.39, 0.29) is 18.4 Å². The highest BCUT2D eigenvalue weighted by Gasteiger charge is 2.30. The summed E-state index contributed by atoms with van der Waals surface area (Å²) in [7, 11) is -2.68. The average Bonchev–Trinajstić information content (AvgIpc) is 2.44. The number of sulfonamides is 1. The van der Waals surface area contributed by atoms with E-state index in [4.69, 9.17) is 0 Å². The summed E-state index contributed by atoms with van der Waals surface area (Å²) in [5.74, 6) is -4.70. The van der Waals surface area contributed by atoms with Crippen LogP contribution in [0.5, 0.6) is 0 Å². The lowest BCUT2D eigenvalue weighted by Crippen LogP contribution is -2.43. The van der Waals surface area contributed by atoms with Gasteiger partial charge in [0.25, 0.3) is 0 Å². The number of benzene rings is 1. The maximum absolute atomic E-state index is 13.2. The van der Waals surface area contributed by atoms with Crippen molar-refractivity contribution < 1.29 is 21.6 Å². The van der Waals surface area contributed by atoms with Gasteiger partial charge in [-0.25, -0.2) is 21.6 Å². The molecule has 0 aliphatic carbocycles. The van der Waals surface area contributed by atoms with Gasteiger partial charge in [-0.15, -0.1) is 12.4 Å². The van der Waals surface area contributed by atoms with Crippen molar-refractivity contribution in [1.29, 1.82) is 0 Å². The van der Waals surface area contributed by atoms with Crippen LogP contribution >= 0.6 is 12.4 Å². The Morgan fingerprint density at radius 2 is 1.62 bits per heavy atom. The van der Waals surface area contributed by atoms with Crippen LogP contribution in [0.2, 0.25) is 0 Å². The standard InChI is InChI=1S/C12H15F3N2O2S.ClH/c1-17(8-2-4-16-5-3-8)20(18,19)9-6-10(13)12(15)11(14)7-9;/h6-8,16H,2-5H2,1H3;1H. The van der Waals surface area contributed by atoms with Crippen LogP contribution in [0.15, 0.2) is 17.0 Å². The van der Waals surface area contributed by atoms with Gasteiger partial charge >= 0.3 is 0 Å². The molecule has 1 saturated heterocycles. The molecular formula is C12H16ClF3N2O2S. The van der Waals surface area contributed by atoms with E-state index in [2.05, 4.69) is 5.32 Å². The minimum atomic E-state index is -4.04. The lowest BCUT2D eigenvalue weighted by molar-refractivity contribution is 0.296. The van der Waals surface area contributed by atoms with Gasteiger partial charge < -0.3 is 5.32 Å². The van der Waals surface area contributed by atoms with Crippen molar-refractivity contribution in [3.8, 4) is 0 Å². The summed E-state index contributed by atoms with van der Waals surface area (Å²) in [4.78, 5) is -0.574. The molecule has 0 atom stereocenters. The molecule has 0 spiro atoms. The maximum Gasteiger partial charge on any atom is 0.243 e. The topological polar surface area (TPSA) is 49.4 Å². The van der Waals surface area contributed by atoms with Crippen LogP contribution in [0, 0.1) is 17.5 Å². The summed E-state index contributed by atoms with van der Waals surface area (Å²) in [5.41, 5.74) is 0. The molecule has 1 N–H and O–H groups in total. The summed E-state index contributed by atoms with van der Waals surface area (Å²) in [6.07, 6.45) is 1.23. The average molecular weight is 345 g/mol. The second kappa shape index (κ2) is 6.95. The molecule has 2 rings (SSSR count). The van der Waals surface area contributed by atoms with E-state index < -0.39 is 32.4 Å². The van der Waals surface area contributed by atoms with Crippen molar-refractivity contribution in [2.24, 2.45) is 0 Å². The first-order valence-corrected chi connectivity index (χ1v) is 7.61. The van der Waals surface area contributed by atoms with Crippen LogP contribution < -0.4 is 5.32 Å². The first-order valence-electron chi connectivity index (χ1n) is 6.17. The number of rotatable bonds is 3. The second-order valence-electron chi connectivity index (χ2n) is 4.70. The Kier molecular flexibility index (Phi) is 6.03. The summed E-state index contributed by atoms with van der Waals surface area (Å²) in [5, 5.41) is 3.10. The molecule has 21 heavy (non-hydrogen) atoms. The fourth-order valence-corrected chi connectivity index (χ4v) is 3.65. The predicted octanol–water partition coefficient (Wildman–Crippen LogP) is 1.90. The number of nitrogens with one attached hydrogen (secondary N) is 1. The van der Waals surface area contributed by atoms with Crippen molar-refractivity contribution in [3.05, 3.63) is 29.6 Å². The van der Waals surface area contributed by atoms with E-state index in [1.54, 1.807) is 0 Å². The Hall–Kier alpha value is -0.830. The Morgan fingerprint density at radius 3 is 2.10 bits per heavy atom. The molecule has 0 bridgehead atoms. The monoisotopic (exact) mass is 344 g/mol. The molecule has 0 amide bonds. The zero-order valence-electron chi connectivity index (χ0n) is 11.3. The molecule has 1 heterocycles. The highest BCUT2D eigenvalue weighted by molar-refractivity contribution is 7.89. The van der Waals surface area contributed by atoms with Crippen LogP contribution in [-0.4, -0.2) is 38.9 Å². The van der Waals surface area contributed by atoms with E-state index >= 15 is 0 Å². The third-order valence-electron chi connectivity index (χ3n) is 3.46. The van der Waals surface area contributed by atoms with Crippen molar-refractivity contribution in [3.63, 3.8) is 0 Å². The normalized spacial score (nSPS) is 16.8. The molecule has 1 fully saturated rings. The SMILES string of the molecule is CN(C1CCNCC1)S(=O)(=O)c1cc(F)c(F)c(F)c1.Cl. The smallest absolute Gasteiger partial charge is 0.243 e. The minimum absolute atomic E-state index is 0. The Bertz CT molecular complexity index is 584. The third-order valence-corrected chi connectivity index (χ3v) is 5.35. The van der Waals surface area contributed by atoms with Crippen LogP contribution in [0.4, 0.5) is 13.2 Å². The van der Waals surface area contributed by atoms with E-state index in [0.717, 1.165) is 4.31 Å². The molecule has 0 radical (unpaired) electrons. The highest BCUT2D eigenvalue weighted by Crippen LogP contribution is 2.23. The first kappa shape index (κ1) is 18.2. The lowest BCUT2D eigenvalue weighted by Gasteiger charge is -2.30. The fraction of sp³-hybridized carbons (Fsp3) is 0.500. The Labute approximate surface area is 127 Å². The number of halogens is 4. The predicted molar refractivity (Wildman–Crippen MR) is 74.4 cm³/mol. The summed E-state index contributed by atoms with van der Waals surface area (Å²) >= 11 is 0. The van der Waals surface area contributed by atoms with Gasteiger partial charge in [0.15, 0.2) is 17.5 Å². The molecule has 4 nitrogen and oxygen atoms in total. The summed E-state index contributed by atoms with van der Waals surface area (Å²) in [6.45, 7) is 1.35. The molecular weight excluding hydrogens is 329 g/mol. The van der Waals surface area contributed by atoms with Gasteiger partial charge in [-0.3, -0.25) is 0 Å². The number of hydrogen-bond acceptors (Lipinski definition) is 3. The van der Waals surface area contributed by atoms with Gasteiger partial charge in [0, 0.05) is 13.1 Å². The van der Waals surface area contributed by atoms with Gasteiger partial charge in [-0.05, 0) is 38.1 Å². The van der Waals surface area contributed by atoms with Crippen LogP contribution in [0.3, 0.4) is 0 Å². The zero-order valence-corrected chi connectivity index (χ0v) is 12.9. The molecule has 1 aromatic rings. The minimum Gasteiger partial charge on any atom is -0.317 e. The fourth-order valence-electron chi connectivity index (χ4n) is 2.21.